The van der Waals surface area contributed by atoms with Gasteiger partial charge in [-0.25, -0.2) is 9.98 Å². The molecule has 2 aromatic carbocycles. The highest BCUT2D eigenvalue weighted by Crippen LogP contribution is 2.55. The molecule has 0 saturated carbocycles. The van der Waals surface area contributed by atoms with Gasteiger partial charge in [0.2, 0.25) is 0 Å². The fourth-order valence-electron chi connectivity index (χ4n) is 7.20. The first-order valence-electron chi connectivity index (χ1n) is 13.0. The van der Waals surface area contributed by atoms with Crippen molar-refractivity contribution in [2.45, 2.75) is 25.7 Å². The van der Waals surface area contributed by atoms with E-state index in [1.807, 2.05) is 36.4 Å². The van der Waals surface area contributed by atoms with Crippen LogP contribution in [0.1, 0.15) is 36.8 Å². The van der Waals surface area contributed by atoms with Crippen molar-refractivity contribution in [1.82, 2.24) is 0 Å². The van der Waals surface area contributed by atoms with Crippen molar-refractivity contribution >= 4 is 11.4 Å². The van der Waals surface area contributed by atoms with Crippen LogP contribution in [0.2, 0.25) is 0 Å². The molecule has 2 heterocycles. The Hall–Kier alpha value is -3.92. The lowest BCUT2D eigenvalue weighted by Crippen LogP contribution is -2.25. The zero-order valence-electron chi connectivity index (χ0n) is 19.9. The lowest BCUT2D eigenvalue weighted by atomic mass is 9.68. The smallest absolute Gasteiger partial charge is 0.124 e. The van der Waals surface area contributed by atoms with Gasteiger partial charge in [0.15, 0.2) is 0 Å². The highest BCUT2D eigenvalue weighted by atomic mass is 16.3. The Morgan fingerprint density at radius 1 is 0.500 bits per heavy atom. The minimum absolute atomic E-state index is 0.268. The first-order valence-corrected chi connectivity index (χ1v) is 13.0. The van der Waals surface area contributed by atoms with Gasteiger partial charge in [-0.2, -0.15) is 0 Å². The summed E-state index contributed by atoms with van der Waals surface area (Å²) in [5, 5.41) is 21.5. The van der Waals surface area contributed by atoms with Crippen molar-refractivity contribution in [3.8, 4) is 11.5 Å². The maximum absolute atomic E-state index is 10.8. The second-order valence-electron chi connectivity index (χ2n) is 10.7. The summed E-state index contributed by atoms with van der Waals surface area (Å²) in [4.78, 5) is 10.6. The SMILES string of the molecule is Oc1ccccc1C1=N/C(=C2\N=C(c3ccccc3O)C3=C2C2C=CC3CC2)C2=C1C1C=CC2CC1. The van der Waals surface area contributed by atoms with Gasteiger partial charge in [0, 0.05) is 34.8 Å². The van der Waals surface area contributed by atoms with E-state index in [9.17, 15) is 10.2 Å². The van der Waals surface area contributed by atoms with E-state index in [4.69, 9.17) is 9.98 Å². The van der Waals surface area contributed by atoms with Crippen molar-refractivity contribution in [2.24, 2.45) is 33.7 Å². The largest absolute Gasteiger partial charge is 0.507 e. The molecule has 176 valence electrons. The van der Waals surface area contributed by atoms with Crippen LogP contribution >= 0.6 is 0 Å². The first kappa shape index (κ1) is 20.3. The Morgan fingerprint density at radius 2 is 0.861 bits per heavy atom. The number of allylic oxidation sites excluding steroid dienone is 8. The molecule has 36 heavy (non-hydrogen) atoms. The van der Waals surface area contributed by atoms with Crippen LogP contribution in [0.4, 0.5) is 0 Å². The normalized spacial score (nSPS) is 31.2. The molecule has 4 heteroatoms. The average Bonchev–Trinajstić information content (AvgIpc) is 3.53. The third-order valence-electron chi connectivity index (χ3n) is 8.80. The second kappa shape index (κ2) is 7.30. The molecular weight excluding hydrogens is 444 g/mol. The molecule has 2 aliphatic heterocycles. The van der Waals surface area contributed by atoms with Crippen LogP contribution in [0.25, 0.3) is 0 Å². The zero-order chi connectivity index (χ0) is 24.0. The fourth-order valence-corrected chi connectivity index (χ4v) is 7.20. The van der Waals surface area contributed by atoms with Crippen molar-refractivity contribution < 1.29 is 10.2 Å². The van der Waals surface area contributed by atoms with Gasteiger partial charge in [0.1, 0.15) is 11.5 Å². The quantitative estimate of drug-likeness (QED) is 0.499. The minimum atomic E-state index is 0.268. The number of hydrogen-bond acceptors (Lipinski definition) is 4. The predicted octanol–water partition coefficient (Wildman–Crippen LogP) is 6.40. The summed E-state index contributed by atoms with van der Waals surface area (Å²) in [5.74, 6) is 1.82. The number of para-hydroxylation sites is 2. The van der Waals surface area contributed by atoms with Gasteiger partial charge in [-0.1, -0.05) is 48.6 Å². The molecule has 0 aromatic heterocycles. The number of hydrogen-bond donors (Lipinski definition) is 2. The number of aliphatic imine (C=N–C) groups is 2. The first-order chi connectivity index (χ1) is 17.7. The summed E-state index contributed by atoms with van der Waals surface area (Å²) < 4.78 is 0. The summed E-state index contributed by atoms with van der Waals surface area (Å²) in [6, 6.07) is 15.1. The van der Waals surface area contributed by atoms with E-state index in [0.717, 1.165) is 59.6 Å². The second-order valence-corrected chi connectivity index (χ2v) is 10.7. The number of aromatic hydroxyl groups is 2. The molecule has 0 radical (unpaired) electrons. The van der Waals surface area contributed by atoms with Gasteiger partial charge in [-0.05, 0) is 72.2 Å². The zero-order valence-corrected chi connectivity index (χ0v) is 19.9. The molecule has 0 amide bonds. The van der Waals surface area contributed by atoms with Crippen LogP contribution in [0, 0.1) is 23.7 Å². The van der Waals surface area contributed by atoms with Gasteiger partial charge < -0.3 is 10.2 Å². The molecule has 4 bridgehead atoms. The van der Waals surface area contributed by atoms with E-state index in [-0.39, 0.29) is 11.5 Å². The van der Waals surface area contributed by atoms with Crippen LogP contribution in [0.5, 0.6) is 11.5 Å². The standard InChI is InChI=1S/C32H26N2O2/c35-23-7-3-1-5-21(23)29-25-17-9-13-19(14-10-17)27(25)31(33-29)32-28-20-15-11-18(12-16-20)26(28)30(34-32)22-6-2-4-8-24(22)36/h1-9,11,13,15,17-20,35-36H,10,12,14,16H2/b32-31-. The number of fused-ring (bicyclic) bond motifs is 2. The van der Waals surface area contributed by atoms with Gasteiger partial charge in [0.25, 0.3) is 0 Å². The molecule has 0 spiro atoms. The van der Waals surface area contributed by atoms with Gasteiger partial charge in [-0.15, -0.1) is 0 Å². The minimum Gasteiger partial charge on any atom is -0.507 e. The molecule has 4 unspecified atom stereocenters. The topological polar surface area (TPSA) is 65.2 Å². The van der Waals surface area contributed by atoms with E-state index >= 15 is 0 Å². The molecule has 6 aliphatic carbocycles. The third kappa shape index (κ3) is 2.64. The van der Waals surface area contributed by atoms with Crippen molar-refractivity contribution in [1.29, 1.82) is 0 Å². The van der Waals surface area contributed by atoms with E-state index in [2.05, 4.69) is 24.3 Å². The average molecular weight is 471 g/mol. The van der Waals surface area contributed by atoms with Crippen LogP contribution < -0.4 is 0 Å². The highest BCUT2D eigenvalue weighted by molar-refractivity contribution is 6.20. The molecule has 0 fully saturated rings. The number of nitrogens with zero attached hydrogens (tertiary/aromatic N) is 2. The third-order valence-corrected chi connectivity index (χ3v) is 8.80. The molecule has 4 atom stereocenters. The van der Waals surface area contributed by atoms with Crippen molar-refractivity contribution in [2.75, 3.05) is 0 Å². The Labute approximate surface area is 210 Å². The maximum atomic E-state index is 10.8. The molecule has 10 rings (SSSR count). The van der Waals surface area contributed by atoms with Crippen LogP contribution in [0.3, 0.4) is 0 Å². The van der Waals surface area contributed by atoms with E-state index in [1.165, 1.54) is 22.3 Å². The Kier molecular flexibility index (Phi) is 4.11. The van der Waals surface area contributed by atoms with E-state index in [0.29, 0.717) is 23.7 Å². The maximum Gasteiger partial charge on any atom is 0.124 e. The van der Waals surface area contributed by atoms with Crippen molar-refractivity contribution in [3.05, 3.63) is 118 Å². The van der Waals surface area contributed by atoms with Gasteiger partial charge in [-0.3, -0.25) is 0 Å². The van der Waals surface area contributed by atoms with Crippen molar-refractivity contribution in [3.63, 3.8) is 0 Å². The van der Waals surface area contributed by atoms with E-state index in [1.54, 1.807) is 12.1 Å². The number of benzene rings is 2. The van der Waals surface area contributed by atoms with Gasteiger partial charge in [0.05, 0.1) is 22.8 Å². The van der Waals surface area contributed by atoms with Crippen LogP contribution in [0.15, 0.2) is 117 Å². The number of phenols is 2. The number of phenolic OH excluding ortho intramolecular Hbond substituents is 2. The summed E-state index contributed by atoms with van der Waals surface area (Å²) in [6.45, 7) is 0. The summed E-state index contributed by atoms with van der Waals surface area (Å²) >= 11 is 0. The molecule has 2 aromatic rings. The van der Waals surface area contributed by atoms with Gasteiger partial charge >= 0.3 is 0 Å². The lowest BCUT2D eigenvalue weighted by Gasteiger charge is -2.35. The fraction of sp³-hybridized carbons (Fsp3) is 0.250. The summed E-state index contributed by atoms with van der Waals surface area (Å²) in [6.07, 6.45) is 13.8. The molecule has 2 N–H and O–H groups in total. The Bertz CT molecular complexity index is 1460. The Morgan fingerprint density at radius 3 is 1.22 bits per heavy atom. The van der Waals surface area contributed by atoms with E-state index < -0.39 is 0 Å². The summed E-state index contributed by atoms with van der Waals surface area (Å²) in [5.41, 5.74) is 10.5. The molecule has 8 aliphatic rings. The molecule has 4 nitrogen and oxygen atoms in total. The number of rotatable bonds is 2. The molecular formula is C32H26N2O2. The van der Waals surface area contributed by atoms with Crippen LogP contribution in [-0.2, 0) is 0 Å². The predicted molar refractivity (Wildman–Crippen MR) is 141 cm³/mol. The highest BCUT2D eigenvalue weighted by Gasteiger charge is 2.45. The summed E-state index contributed by atoms with van der Waals surface area (Å²) in [7, 11) is 0. The Balaban J connectivity index is 1.42. The molecule has 0 saturated heterocycles. The monoisotopic (exact) mass is 470 g/mol. The van der Waals surface area contributed by atoms with Crippen LogP contribution in [-0.4, -0.2) is 21.6 Å². The lowest BCUT2D eigenvalue weighted by molar-refractivity contribution is 0.473.